The quantitative estimate of drug-likeness (QED) is 0.400. The van der Waals surface area contributed by atoms with Gasteiger partial charge in [0, 0.05) is 27.2 Å². The number of pyridine rings is 1. The maximum atomic E-state index is 8.32. The van der Waals surface area contributed by atoms with Gasteiger partial charge in [0.05, 0.1) is 12.5 Å². The number of rotatable bonds is 2. The molecule has 0 saturated heterocycles. The first-order valence-electron chi connectivity index (χ1n) is 5.65. The van der Waals surface area contributed by atoms with Crippen LogP contribution in [0.2, 0.25) is 0 Å². The molecule has 0 atom stereocenters. The van der Waals surface area contributed by atoms with E-state index in [0.29, 0.717) is 12.3 Å². The molecule has 0 N–H and O–H groups in total. The molecule has 1 heterocycles. The Hall–Kier alpha value is -0.400. The summed E-state index contributed by atoms with van der Waals surface area (Å²) >= 11 is 12.2. The number of nitriles is 1. The molecule has 2 rings (SSSR count). The minimum atomic E-state index is 0. The first-order chi connectivity index (χ1) is 10.2. The number of hydrogen-bond acceptors (Lipinski definition) is 3. The topological polar surface area (TPSA) is 60.5 Å². The minimum absolute atomic E-state index is 0. The molecular weight excluding hydrogens is 440 g/mol. The fourth-order valence-electron chi connectivity index (χ4n) is 1.26. The summed E-state index contributed by atoms with van der Waals surface area (Å²) in [5.41, 5.74) is 2.09. The number of nitrogens with zero attached hydrogens (tertiary/aromatic N) is 3. The molecule has 0 saturated carbocycles. The van der Waals surface area contributed by atoms with Gasteiger partial charge >= 0.3 is 29.6 Å². The van der Waals surface area contributed by atoms with Crippen molar-refractivity contribution in [3.8, 4) is 6.07 Å². The van der Waals surface area contributed by atoms with Gasteiger partial charge in [-0.25, -0.2) is 0 Å². The van der Waals surface area contributed by atoms with E-state index in [0.717, 1.165) is 20.1 Å². The van der Waals surface area contributed by atoms with E-state index < -0.39 is 0 Å². The van der Waals surface area contributed by atoms with Crippen LogP contribution in [-0.4, -0.2) is 4.98 Å². The molecule has 22 heavy (non-hydrogen) atoms. The second-order valence-electron chi connectivity index (χ2n) is 3.61. The minimum Gasteiger partial charge on any atom is -0.512 e. The molecule has 3 nitrogen and oxygen atoms in total. The van der Waals surface area contributed by atoms with Crippen LogP contribution in [0, 0.1) is 23.2 Å². The molecule has 1 aromatic carbocycles. The normalized spacial score (nSPS) is 8.00. The molecule has 7 heteroatoms. The molecule has 0 aliphatic heterocycles. The van der Waals surface area contributed by atoms with Crippen molar-refractivity contribution in [2.75, 3.05) is 0 Å². The summed E-state index contributed by atoms with van der Waals surface area (Å²) in [6.45, 7) is 4.75. The molecular formula is C15H11Br2ClN3Na. The molecule has 1 aromatic heterocycles. The fourth-order valence-corrected chi connectivity index (χ4v) is 2.29. The standard InChI is InChI=1S/C7H6BrCl.C7H5BrN2.CN.Na/c8-7-3-1-2-6(4-7)5-9;8-7-3-6(1-2-9)4-10-5-7;1-2;/h1-4H,5H2;3-5H,1H2;;/q;;-1;+1. The zero-order valence-electron chi connectivity index (χ0n) is 11.9. The summed E-state index contributed by atoms with van der Waals surface area (Å²) in [7, 11) is 0. The average molecular weight is 452 g/mol. The van der Waals surface area contributed by atoms with Crippen molar-refractivity contribution < 1.29 is 29.6 Å². The third kappa shape index (κ3) is 11.2. The van der Waals surface area contributed by atoms with Gasteiger partial charge in [0.25, 0.3) is 0 Å². The van der Waals surface area contributed by atoms with E-state index in [4.69, 9.17) is 28.7 Å². The van der Waals surface area contributed by atoms with Crippen molar-refractivity contribution in [3.63, 3.8) is 0 Å². The summed E-state index contributed by atoms with van der Waals surface area (Å²) in [6, 6.07) is 11.9. The van der Waals surface area contributed by atoms with E-state index in [1.54, 1.807) is 12.4 Å². The van der Waals surface area contributed by atoms with E-state index in [1.165, 1.54) is 0 Å². The second-order valence-corrected chi connectivity index (χ2v) is 5.71. The molecule has 0 fully saturated rings. The Balaban J connectivity index is 0. The summed E-state index contributed by atoms with van der Waals surface area (Å²) in [5.74, 6) is 0.583. The Labute approximate surface area is 174 Å². The van der Waals surface area contributed by atoms with Crippen molar-refractivity contribution in [2.45, 2.75) is 12.3 Å². The van der Waals surface area contributed by atoms with Crippen molar-refractivity contribution >= 4 is 43.5 Å². The molecule has 108 valence electrons. The monoisotopic (exact) mass is 449 g/mol. The van der Waals surface area contributed by atoms with Crippen LogP contribution in [0.4, 0.5) is 0 Å². The van der Waals surface area contributed by atoms with Crippen LogP contribution in [-0.2, 0) is 12.3 Å². The van der Waals surface area contributed by atoms with Crippen LogP contribution in [0.15, 0.2) is 51.7 Å². The summed E-state index contributed by atoms with van der Waals surface area (Å²) in [4.78, 5) is 3.90. The fraction of sp³-hybridized carbons (Fsp3) is 0.133. The van der Waals surface area contributed by atoms with E-state index in [9.17, 15) is 0 Å². The maximum absolute atomic E-state index is 8.32. The Morgan fingerprint density at radius 1 is 1.09 bits per heavy atom. The summed E-state index contributed by atoms with van der Waals surface area (Å²) in [5, 5.41) is 14.6. The first kappa shape index (κ1) is 23.9. The van der Waals surface area contributed by atoms with Crippen molar-refractivity contribution in [2.24, 2.45) is 0 Å². The van der Waals surface area contributed by atoms with E-state index >= 15 is 0 Å². The van der Waals surface area contributed by atoms with Gasteiger partial charge in [-0.05, 0) is 45.3 Å². The molecule has 0 amide bonds. The van der Waals surface area contributed by atoms with Crippen molar-refractivity contribution in [1.82, 2.24) is 4.98 Å². The Kier molecular flexibility index (Phi) is 16.8. The second kappa shape index (κ2) is 15.5. The molecule has 0 aliphatic rings. The van der Waals surface area contributed by atoms with Crippen LogP contribution < -0.4 is 29.6 Å². The smallest absolute Gasteiger partial charge is 0.512 e. The number of halogens is 3. The number of alkyl halides is 1. The van der Waals surface area contributed by atoms with Crippen LogP contribution in [0.5, 0.6) is 0 Å². The van der Waals surface area contributed by atoms with Gasteiger partial charge in [-0.15, -0.1) is 11.6 Å². The van der Waals surface area contributed by atoms with Gasteiger partial charge < -0.3 is 11.8 Å². The van der Waals surface area contributed by atoms with Gasteiger partial charge in [-0.2, -0.15) is 5.26 Å². The summed E-state index contributed by atoms with van der Waals surface area (Å²) in [6.07, 6.45) is 3.81. The molecule has 0 aliphatic carbocycles. The third-order valence-corrected chi connectivity index (χ3v) is 3.32. The average Bonchev–Trinajstić information content (AvgIpc) is 2.50. The Morgan fingerprint density at radius 3 is 2.18 bits per heavy atom. The van der Waals surface area contributed by atoms with E-state index in [1.807, 2.05) is 30.3 Å². The maximum Gasteiger partial charge on any atom is 1.00 e. The summed E-state index contributed by atoms with van der Waals surface area (Å²) < 4.78 is 2.00. The Bertz CT molecular complexity index is 615. The third-order valence-electron chi connectivity index (χ3n) is 2.09. The van der Waals surface area contributed by atoms with Gasteiger partial charge in [-0.3, -0.25) is 4.98 Å². The van der Waals surface area contributed by atoms with Crippen LogP contribution in [0.1, 0.15) is 11.1 Å². The molecule has 0 radical (unpaired) electrons. The van der Waals surface area contributed by atoms with E-state index in [2.05, 4.69) is 42.9 Å². The van der Waals surface area contributed by atoms with Crippen LogP contribution >= 0.6 is 43.5 Å². The first-order valence-corrected chi connectivity index (χ1v) is 7.77. The van der Waals surface area contributed by atoms with Crippen molar-refractivity contribution in [1.29, 1.82) is 10.5 Å². The van der Waals surface area contributed by atoms with Gasteiger partial charge in [0.15, 0.2) is 0 Å². The van der Waals surface area contributed by atoms with Crippen LogP contribution in [0.25, 0.3) is 0 Å². The molecule has 0 spiro atoms. The SMILES string of the molecule is ClCc1cccc(Br)c1.N#CCc1cncc(Br)c1.[C-]#N.[Na+]. The van der Waals surface area contributed by atoms with Gasteiger partial charge in [-0.1, -0.05) is 28.1 Å². The van der Waals surface area contributed by atoms with Gasteiger partial charge in [0.1, 0.15) is 0 Å². The van der Waals surface area contributed by atoms with Gasteiger partial charge in [0.2, 0.25) is 0 Å². The number of benzene rings is 1. The zero-order valence-corrected chi connectivity index (χ0v) is 17.9. The predicted octanol–water partition coefficient (Wildman–Crippen LogP) is 2.20. The number of hydrogen-bond donors (Lipinski definition) is 0. The molecule has 0 bridgehead atoms. The molecule has 2 aromatic rings. The van der Waals surface area contributed by atoms with E-state index in [-0.39, 0.29) is 29.6 Å². The zero-order chi connectivity index (χ0) is 16.1. The Morgan fingerprint density at radius 2 is 1.73 bits per heavy atom. The predicted molar refractivity (Wildman–Crippen MR) is 89.9 cm³/mol. The van der Waals surface area contributed by atoms with Crippen molar-refractivity contribution in [3.05, 3.63) is 69.4 Å². The van der Waals surface area contributed by atoms with Crippen LogP contribution in [0.3, 0.4) is 0 Å². The molecule has 0 unspecified atom stereocenters. The largest absolute Gasteiger partial charge is 1.00 e. The number of aromatic nitrogens is 1.